The number of aromatic nitrogens is 3. The Morgan fingerprint density at radius 1 is 1.64 bits per heavy atom. The van der Waals surface area contributed by atoms with Crippen molar-refractivity contribution in [3.05, 3.63) is 23.5 Å². The lowest BCUT2D eigenvalue weighted by Gasteiger charge is -1.88. The van der Waals surface area contributed by atoms with Gasteiger partial charge >= 0.3 is 0 Å². The molecule has 0 aliphatic heterocycles. The number of aromatic amines is 1. The fourth-order valence-corrected chi connectivity index (χ4v) is 1.53. The molecule has 0 aliphatic carbocycles. The third-order valence-corrected chi connectivity index (χ3v) is 2.19. The molecule has 2 aromatic heterocycles. The molecular formula is C7H6N3S. The van der Waals surface area contributed by atoms with E-state index < -0.39 is 0 Å². The van der Waals surface area contributed by atoms with Gasteiger partial charge in [0.1, 0.15) is 5.01 Å². The van der Waals surface area contributed by atoms with E-state index in [1.54, 1.807) is 6.20 Å². The Morgan fingerprint density at radius 3 is 3.09 bits per heavy atom. The maximum atomic E-state index is 4.12. The minimum Gasteiger partial charge on any atom is -0.285 e. The summed E-state index contributed by atoms with van der Waals surface area (Å²) in [6.45, 7) is 1.95. The van der Waals surface area contributed by atoms with Gasteiger partial charge in [-0.1, -0.05) is 0 Å². The molecule has 1 N–H and O–H groups in total. The molecule has 2 aromatic rings. The predicted molar refractivity (Wildman–Crippen MR) is 43.3 cm³/mol. The summed E-state index contributed by atoms with van der Waals surface area (Å²) in [7, 11) is 0. The molecule has 0 spiro atoms. The van der Waals surface area contributed by atoms with Gasteiger partial charge in [0.05, 0.1) is 16.6 Å². The minimum atomic E-state index is 0.969. The SMILES string of the molecule is Cc1n[nH]cc1-c1nc[c]s1. The van der Waals surface area contributed by atoms with E-state index >= 15 is 0 Å². The summed E-state index contributed by atoms with van der Waals surface area (Å²) in [5.41, 5.74) is 2.05. The highest BCUT2D eigenvalue weighted by Crippen LogP contribution is 2.22. The largest absolute Gasteiger partial charge is 0.285 e. The van der Waals surface area contributed by atoms with Crippen LogP contribution in [0.4, 0.5) is 0 Å². The van der Waals surface area contributed by atoms with Gasteiger partial charge in [0.25, 0.3) is 0 Å². The van der Waals surface area contributed by atoms with Crippen molar-refractivity contribution in [2.75, 3.05) is 0 Å². The second-order valence-corrected chi connectivity index (χ2v) is 2.99. The molecule has 0 saturated carbocycles. The van der Waals surface area contributed by atoms with E-state index in [2.05, 4.69) is 20.6 Å². The standard InChI is InChI=1S/C7H6N3S/c1-5-6(4-9-10-5)7-8-2-3-11-7/h2,4H,1H3,(H,9,10). The van der Waals surface area contributed by atoms with E-state index in [0.29, 0.717) is 0 Å². The molecule has 0 fully saturated rings. The number of nitrogens with zero attached hydrogens (tertiary/aromatic N) is 2. The van der Waals surface area contributed by atoms with E-state index in [-0.39, 0.29) is 0 Å². The average Bonchev–Trinajstić information content (AvgIpc) is 2.55. The van der Waals surface area contributed by atoms with E-state index in [0.717, 1.165) is 16.3 Å². The zero-order chi connectivity index (χ0) is 7.68. The van der Waals surface area contributed by atoms with Gasteiger partial charge in [0.2, 0.25) is 0 Å². The molecule has 2 heterocycles. The maximum Gasteiger partial charge on any atom is 0.127 e. The van der Waals surface area contributed by atoms with Gasteiger partial charge in [-0.25, -0.2) is 4.98 Å². The topological polar surface area (TPSA) is 41.6 Å². The number of hydrogen-bond acceptors (Lipinski definition) is 3. The molecule has 1 radical (unpaired) electrons. The van der Waals surface area contributed by atoms with Crippen LogP contribution in [0, 0.1) is 12.3 Å². The first-order valence-corrected chi connectivity index (χ1v) is 4.02. The first-order chi connectivity index (χ1) is 5.38. The van der Waals surface area contributed by atoms with Crippen molar-refractivity contribution in [2.45, 2.75) is 6.92 Å². The molecule has 55 valence electrons. The summed E-state index contributed by atoms with van der Waals surface area (Å²) in [6.07, 6.45) is 3.52. The molecule has 3 nitrogen and oxygen atoms in total. The summed E-state index contributed by atoms with van der Waals surface area (Å²) in [5, 5.41) is 10.7. The van der Waals surface area contributed by atoms with Crippen LogP contribution in [0.2, 0.25) is 0 Å². The van der Waals surface area contributed by atoms with Crippen molar-refractivity contribution in [1.82, 2.24) is 15.2 Å². The van der Waals surface area contributed by atoms with Crippen LogP contribution in [-0.2, 0) is 0 Å². The maximum absolute atomic E-state index is 4.12. The van der Waals surface area contributed by atoms with E-state index in [1.807, 2.05) is 13.1 Å². The quantitative estimate of drug-likeness (QED) is 0.696. The van der Waals surface area contributed by atoms with Crippen molar-refractivity contribution in [1.29, 1.82) is 0 Å². The summed E-state index contributed by atoms with van der Waals surface area (Å²) in [4.78, 5) is 4.12. The second-order valence-electron chi connectivity index (χ2n) is 2.17. The fraction of sp³-hybridized carbons (Fsp3) is 0.143. The molecule has 0 atom stereocenters. The number of H-pyrrole nitrogens is 1. The highest BCUT2D eigenvalue weighted by molar-refractivity contribution is 7.12. The number of aryl methyl sites for hydroxylation is 1. The summed E-state index contributed by atoms with van der Waals surface area (Å²) in [5.74, 6) is 0. The summed E-state index contributed by atoms with van der Waals surface area (Å²) in [6, 6.07) is 0. The highest BCUT2D eigenvalue weighted by atomic mass is 32.1. The molecule has 2 rings (SSSR count). The third kappa shape index (κ3) is 1.05. The zero-order valence-electron chi connectivity index (χ0n) is 5.96. The predicted octanol–water partition coefficient (Wildman–Crippen LogP) is 1.64. The summed E-state index contributed by atoms with van der Waals surface area (Å²) < 4.78 is 0. The molecule has 0 saturated heterocycles. The number of hydrogen-bond donors (Lipinski definition) is 1. The Balaban J connectivity index is 2.53. The monoisotopic (exact) mass is 164 g/mol. The molecule has 0 aliphatic rings. The molecule has 0 amide bonds. The van der Waals surface area contributed by atoms with Crippen molar-refractivity contribution in [3.8, 4) is 10.6 Å². The van der Waals surface area contributed by atoms with Crippen LogP contribution < -0.4 is 0 Å². The van der Waals surface area contributed by atoms with E-state index in [9.17, 15) is 0 Å². The van der Waals surface area contributed by atoms with Crippen LogP contribution in [-0.4, -0.2) is 15.2 Å². The smallest absolute Gasteiger partial charge is 0.127 e. The van der Waals surface area contributed by atoms with Crippen LogP contribution in [0.3, 0.4) is 0 Å². The Kier molecular flexibility index (Phi) is 1.47. The Bertz CT molecular complexity index is 336. The minimum absolute atomic E-state index is 0.969. The Hall–Kier alpha value is -1.16. The zero-order valence-corrected chi connectivity index (χ0v) is 6.77. The molecule has 11 heavy (non-hydrogen) atoms. The lowest BCUT2D eigenvalue weighted by atomic mass is 10.3. The first-order valence-electron chi connectivity index (χ1n) is 3.20. The van der Waals surface area contributed by atoms with Crippen molar-refractivity contribution in [3.63, 3.8) is 0 Å². The van der Waals surface area contributed by atoms with Crippen LogP contribution in [0.25, 0.3) is 10.6 Å². The molecule has 4 heteroatoms. The van der Waals surface area contributed by atoms with E-state index in [4.69, 9.17) is 0 Å². The highest BCUT2D eigenvalue weighted by Gasteiger charge is 2.04. The fourth-order valence-electron chi connectivity index (χ4n) is 0.893. The number of nitrogens with one attached hydrogen (secondary N) is 1. The van der Waals surface area contributed by atoms with Crippen molar-refractivity contribution >= 4 is 11.3 Å². The Morgan fingerprint density at radius 2 is 2.55 bits per heavy atom. The lowest BCUT2D eigenvalue weighted by Crippen LogP contribution is -1.75. The van der Waals surface area contributed by atoms with Gasteiger partial charge in [-0.3, -0.25) is 5.10 Å². The molecular weight excluding hydrogens is 158 g/mol. The van der Waals surface area contributed by atoms with Gasteiger partial charge in [0.15, 0.2) is 0 Å². The second kappa shape index (κ2) is 2.47. The van der Waals surface area contributed by atoms with Gasteiger partial charge in [0, 0.05) is 12.4 Å². The average molecular weight is 164 g/mol. The third-order valence-electron chi connectivity index (χ3n) is 1.45. The summed E-state index contributed by atoms with van der Waals surface area (Å²) >= 11 is 1.50. The van der Waals surface area contributed by atoms with Crippen LogP contribution in [0.5, 0.6) is 0 Å². The molecule has 0 aromatic carbocycles. The Labute approximate surface area is 68.1 Å². The first kappa shape index (κ1) is 6.54. The van der Waals surface area contributed by atoms with Crippen molar-refractivity contribution in [2.24, 2.45) is 0 Å². The molecule has 0 unspecified atom stereocenters. The van der Waals surface area contributed by atoms with Crippen molar-refractivity contribution < 1.29 is 0 Å². The lowest BCUT2D eigenvalue weighted by molar-refractivity contribution is 1.05. The normalized spacial score (nSPS) is 10.3. The van der Waals surface area contributed by atoms with Gasteiger partial charge < -0.3 is 0 Å². The number of thiazole rings is 1. The van der Waals surface area contributed by atoms with Gasteiger partial charge in [-0.15, -0.1) is 11.3 Å². The van der Waals surface area contributed by atoms with Gasteiger partial charge in [-0.05, 0) is 6.92 Å². The van der Waals surface area contributed by atoms with Crippen LogP contribution in [0.1, 0.15) is 5.69 Å². The van der Waals surface area contributed by atoms with Gasteiger partial charge in [-0.2, -0.15) is 5.10 Å². The van der Waals surface area contributed by atoms with Crippen LogP contribution >= 0.6 is 11.3 Å². The number of rotatable bonds is 1. The van der Waals surface area contributed by atoms with Crippen LogP contribution in [0.15, 0.2) is 12.4 Å². The molecule has 0 bridgehead atoms. The van der Waals surface area contributed by atoms with E-state index in [1.165, 1.54) is 11.3 Å².